The third kappa shape index (κ3) is 1.93. The summed E-state index contributed by atoms with van der Waals surface area (Å²) in [5.41, 5.74) is 3.06. The molecular weight excluding hydrogens is 213 g/mol. The molecule has 0 bridgehead atoms. The smallest absolute Gasteiger partial charge is 0.365 e. The van der Waals surface area contributed by atoms with E-state index in [4.69, 9.17) is 5.73 Å². The lowest BCUT2D eigenvalue weighted by molar-refractivity contribution is -0.306. The largest absolute Gasteiger partial charge is 0.420 e. The normalized spacial score (nSPS) is 22.1. The number of likely N-dealkylation sites (tertiary alicyclic amines) is 1. The van der Waals surface area contributed by atoms with E-state index in [0.717, 1.165) is 12.0 Å². The maximum atomic E-state index is 12.5. The number of nitrogens with zero attached hydrogens (tertiary/aromatic N) is 1. The lowest BCUT2D eigenvalue weighted by Gasteiger charge is -2.49. The van der Waals surface area contributed by atoms with E-state index in [9.17, 15) is 18.0 Å². The van der Waals surface area contributed by atoms with Gasteiger partial charge in [0.25, 0.3) is 0 Å². The Morgan fingerprint density at radius 1 is 1.53 bits per heavy atom. The van der Waals surface area contributed by atoms with Crippen molar-refractivity contribution in [2.45, 2.75) is 24.7 Å². The highest BCUT2D eigenvalue weighted by Gasteiger charge is 2.63. The van der Waals surface area contributed by atoms with Crippen LogP contribution in [0.25, 0.3) is 0 Å². The van der Waals surface area contributed by atoms with Crippen LogP contribution in [0.15, 0.2) is 0 Å². The molecule has 1 saturated heterocycles. The highest BCUT2D eigenvalue weighted by molar-refractivity contribution is 5.82. The summed E-state index contributed by atoms with van der Waals surface area (Å²) in [6.45, 7) is 0.476. The second kappa shape index (κ2) is 3.64. The van der Waals surface area contributed by atoms with Crippen LogP contribution in [0.5, 0.6) is 0 Å². The van der Waals surface area contributed by atoms with Crippen molar-refractivity contribution in [2.24, 2.45) is 5.73 Å². The molecule has 7 heteroatoms. The molecule has 2 N–H and O–H groups in total. The van der Waals surface area contributed by atoms with Gasteiger partial charge in [0.1, 0.15) is 0 Å². The van der Waals surface area contributed by atoms with E-state index in [-0.39, 0.29) is 0 Å². The molecule has 1 aliphatic rings. The molecule has 1 aliphatic heterocycles. The van der Waals surface area contributed by atoms with E-state index in [1.165, 1.54) is 6.92 Å². The molecule has 88 valence electrons. The van der Waals surface area contributed by atoms with Gasteiger partial charge in [-0.05, 0) is 6.92 Å². The fourth-order valence-electron chi connectivity index (χ4n) is 1.44. The van der Waals surface area contributed by atoms with Crippen LogP contribution in [-0.4, -0.2) is 48.8 Å². The van der Waals surface area contributed by atoms with Gasteiger partial charge in [0.05, 0.1) is 19.1 Å². The van der Waals surface area contributed by atoms with Gasteiger partial charge in [-0.25, -0.2) is 0 Å². The summed E-state index contributed by atoms with van der Waals surface area (Å²) in [7, 11) is 0.987. The van der Waals surface area contributed by atoms with Crippen LogP contribution in [-0.2, 0) is 9.53 Å². The Bertz CT molecular complexity index is 259. The van der Waals surface area contributed by atoms with E-state index in [2.05, 4.69) is 4.74 Å². The molecule has 0 spiro atoms. The van der Waals surface area contributed by atoms with E-state index < -0.39 is 36.8 Å². The maximum absolute atomic E-state index is 12.5. The molecule has 4 nitrogen and oxygen atoms in total. The number of methoxy groups -OCH3 is 1. The van der Waals surface area contributed by atoms with Gasteiger partial charge in [-0.15, -0.1) is 0 Å². The van der Waals surface area contributed by atoms with Crippen molar-refractivity contribution in [3.63, 3.8) is 0 Å². The minimum atomic E-state index is -4.46. The number of amides is 1. The topological polar surface area (TPSA) is 55.6 Å². The summed E-state index contributed by atoms with van der Waals surface area (Å²) < 4.78 is 41.9. The molecule has 1 fully saturated rings. The number of rotatable bonds is 2. The molecule has 1 atom stereocenters. The van der Waals surface area contributed by atoms with Gasteiger partial charge >= 0.3 is 6.18 Å². The summed E-state index contributed by atoms with van der Waals surface area (Å²) in [5.74, 6) is -0.494. The van der Waals surface area contributed by atoms with Crippen molar-refractivity contribution in [3.8, 4) is 0 Å². The average molecular weight is 226 g/mol. The standard InChI is InChI=1S/C8H13F3N2O2/c1-5(12)6(14)13-3-7(4-13,15-2)8(9,10)11/h5H,3-4,12H2,1-2H3/t5-/m0/s1. The van der Waals surface area contributed by atoms with Crippen molar-refractivity contribution in [3.05, 3.63) is 0 Å². The number of carbonyl (C=O) groups is 1. The van der Waals surface area contributed by atoms with Crippen LogP contribution in [0.3, 0.4) is 0 Å². The quantitative estimate of drug-likeness (QED) is 0.727. The first-order chi connectivity index (χ1) is 6.73. The SMILES string of the molecule is COC1(C(F)(F)F)CN(C(=O)[C@H](C)N)C1. The fourth-order valence-corrected chi connectivity index (χ4v) is 1.44. The van der Waals surface area contributed by atoms with Crippen molar-refractivity contribution in [1.82, 2.24) is 4.90 Å². The molecule has 0 aromatic heterocycles. The molecule has 1 rings (SSSR count). The summed E-state index contributed by atoms with van der Waals surface area (Å²) >= 11 is 0. The van der Waals surface area contributed by atoms with E-state index >= 15 is 0 Å². The Hall–Kier alpha value is -0.820. The summed E-state index contributed by atoms with van der Waals surface area (Å²) in [6.07, 6.45) is -4.46. The molecule has 0 aromatic rings. The number of alkyl halides is 3. The van der Waals surface area contributed by atoms with Crippen molar-refractivity contribution in [2.75, 3.05) is 20.2 Å². The van der Waals surface area contributed by atoms with Gasteiger partial charge in [0.15, 0.2) is 5.60 Å². The Kier molecular flexibility index (Phi) is 2.97. The van der Waals surface area contributed by atoms with Gasteiger partial charge in [0, 0.05) is 7.11 Å². The van der Waals surface area contributed by atoms with E-state index in [1.54, 1.807) is 0 Å². The van der Waals surface area contributed by atoms with Crippen LogP contribution >= 0.6 is 0 Å². The molecule has 0 saturated carbocycles. The lowest BCUT2D eigenvalue weighted by atomic mass is 9.92. The Labute approximate surface area is 85.2 Å². The second-order valence-electron chi connectivity index (χ2n) is 3.68. The number of ether oxygens (including phenoxy) is 1. The fraction of sp³-hybridized carbons (Fsp3) is 0.875. The molecule has 1 heterocycles. The highest BCUT2D eigenvalue weighted by Crippen LogP contribution is 2.40. The van der Waals surface area contributed by atoms with E-state index in [0.29, 0.717) is 0 Å². The van der Waals surface area contributed by atoms with Crippen molar-refractivity contribution < 1.29 is 22.7 Å². The molecule has 0 radical (unpaired) electrons. The lowest BCUT2D eigenvalue weighted by Crippen LogP contribution is -2.72. The van der Waals surface area contributed by atoms with Crippen LogP contribution in [0.4, 0.5) is 13.2 Å². The second-order valence-corrected chi connectivity index (χ2v) is 3.68. The van der Waals surface area contributed by atoms with Gasteiger partial charge in [0.2, 0.25) is 5.91 Å². The van der Waals surface area contributed by atoms with Crippen LogP contribution in [0.1, 0.15) is 6.92 Å². The third-order valence-corrected chi connectivity index (χ3v) is 2.50. The predicted octanol–water partition coefficient (Wildman–Crippen LogP) is 0.123. The third-order valence-electron chi connectivity index (χ3n) is 2.50. The highest BCUT2D eigenvalue weighted by atomic mass is 19.4. The van der Waals surface area contributed by atoms with Gasteiger partial charge < -0.3 is 15.4 Å². The molecule has 1 amide bonds. The number of carbonyl (C=O) groups excluding carboxylic acids is 1. The number of halogens is 3. The van der Waals surface area contributed by atoms with Gasteiger partial charge in [-0.1, -0.05) is 0 Å². The van der Waals surface area contributed by atoms with E-state index in [1.807, 2.05) is 0 Å². The minimum absolute atomic E-state index is 0.479. The zero-order valence-electron chi connectivity index (χ0n) is 8.47. The molecule has 0 aliphatic carbocycles. The Morgan fingerprint density at radius 3 is 2.27 bits per heavy atom. The predicted molar refractivity (Wildman–Crippen MR) is 46.0 cm³/mol. The first-order valence-electron chi connectivity index (χ1n) is 4.40. The van der Waals surface area contributed by atoms with Crippen LogP contribution in [0, 0.1) is 0 Å². The van der Waals surface area contributed by atoms with Crippen LogP contribution < -0.4 is 5.73 Å². The summed E-state index contributed by atoms with van der Waals surface area (Å²) in [4.78, 5) is 12.3. The number of nitrogens with two attached hydrogens (primary N) is 1. The van der Waals surface area contributed by atoms with Gasteiger partial charge in [-0.2, -0.15) is 13.2 Å². The molecule has 0 aromatic carbocycles. The minimum Gasteiger partial charge on any atom is -0.365 e. The average Bonchev–Trinajstić information content (AvgIpc) is 1.99. The summed E-state index contributed by atoms with van der Waals surface area (Å²) in [6, 6.07) is -0.784. The van der Waals surface area contributed by atoms with Crippen LogP contribution in [0.2, 0.25) is 0 Å². The zero-order chi connectivity index (χ0) is 11.9. The van der Waals surface area contributed by atoms with Gasteiger partial charge in [-0.3, -0.25) is 4.79 Å². The number of hydrogen-bond donors (Lipinski definition) is 1. The molecular formula is C8H13F3N2O2. The Morgan fingerprint density at radius 2 is 2.00 bits per heavy atom. The molecule has 15 heavy (non-hydrogen) atoms. The van der Waals surface area contributed by atoms with Crippen molar-refractivity contribution in [1.29, 1.82) is 0 Å². The maximum Gasteiger partial charge on any atom is 0.420 e. The van der Waals surface area contributed by atoms with Crippen molar-refractivity contribution >= 4 is 5.91 Å². The first-order valence-corrected chi connectivity index (χ1v) is 4.40. The Balaban J connectivity index is 2.64. The first kappa shape index (κ1) is 12.3. The monoisotopic (exact) mass is 226 g/mol. The zero-order valence-corrected chi connectivity index (χ0v) is 8.47. The molecule has 0 unspecified atom stereocenters. The number of hydrogen-bond acceptors (Lipinski definition) is 3. The summed E-state index contributed by atoms with van der Waals surface area (Å²) in [5, 5.41) is 0.